The molecule has 0 bridgehead atoms. The van der Waals surface area contributed by atoms with Crippen LogP contribution in [0.4, 0.5) is 24.5 Å². The van der Waals surface area contributed by atoms with E-state index in [4.69, 9.17) is 0 Å². The van der Waals surface area contributed by atoms with Gasteiger partial charge in [-0.1, -0.05) is 6.07 Å². The highest BCUT2D eigenvalue weighted by Gasteiger charge is 2.30. The van der Waals surface area contributed by atoms with Crippen molar-refractivity contribution >= 4 is 37.9 Å². The molecule has 0 spiro atoms. The van der Waals surface area contributed by atoms with Gasteiger partial charge >= 0.3 is 6.18 Å². The second-order valence-corrected chi connectivity index (χ2v) is 9.21. The molecule has 1 atom stereocenters. The van der Waals surface area contributed by atoms with E-state index in [1.165, 1.54) is 6.07 Å². The molecule has 2 aromatic carbocycles. The largest absolute Gasteiger partial charge is 0.416 e. The molecular formula is C16H13F3N2O6S2. The lowest BCUT2D eigenvalue weighted by molar-refractivity contribution is -0.388. The van der Waals surface area contributed by atoms with Gasteiger partial charge in [-0.3, -0.25) is 19.1 Å². The van der Waals surface area contributed by atoms with E-state index in [-0.39, 0.29) is 15.5 Å². The first-order valence-corrected chi connectivity index (χ1v) is 10.8. The van der Waals surface area contributed by atoms with Crippen molar-refractivity contribution in [2.45, 2.75) is 16.0 Å². The zero-order chi connectivity index (χ0) is 22.0. The molecule has 1 N–H and O–H groups in total. The van der Waals surface area contributed by atoms with E-state index in [1.807, 2.05) is 0 Å². The summed E-state index contributed by atoms with van der Waals surface area (Å²) in [6.45, 7) is 0. The summed E-state index contributed by atoms with van der Waals surface area (Å²) in [6, 6.07) is 6.46. The molecule has 1 unspecified atom stereocenters. The van der Waals surface area contributed by atoms with Gasteiger partial charge in [-0.15, -0.1) is 0 Å². The Hall–Kier alpha value is -2.80. The van der Waals surface area contributed by atoms with Gasteiger partial charge in [-0.2, -0.15) is 13.2 Å². The standard InChI is InChI=1S/C16H13F3N2O6S2/c1-29(26,27)12-5-6-14(13(8-12)21(23)24)28(25)9-15(22)20-11-4-2-3-10(7-11)16(17,18)19/h2-8H,9H2,1H3,(H,20,22). The fraction of sp³-hybridized carbons (Fsp3) is 0.188. The number of nitrogens with zero attached hydrogens (tertiary/aromatic N) is 1. The zero-order valence-corrected chi connectivity index (χ0v) is 16.2. The second-order valence-electron chi connectivity index (χ2n) is 5.78. The number of hydrogen-bond donors (Lipinski definition) is 1. The second kappa shape index (κ2) is 8.29. The number of sulfone groups is 1. The number of carbonyl (C=O) groups excluding carboxylic acids is 1. The molecule has 13 heteroatoms. The van der Waals surface area contributed by atoms with Crippen LogP contribution in [0.3, 0.4) is 0 Å². The van der Waals surface area contributed by atoms with E-state index in [2.05, 4.69) is 5.32 Å². The normalized spacial score (nSPS) is 13.0. The molecule has 0 aromatic heterocycles. The van der Waals surface area contributed by atoms with Crippen molar-refractivity contribution in [3.05, 3.63) is 58.1 Å². The van der Waals surface area contributed by atoms with Gasteiger partial charge in [0, 0.05) is 18.0 Å². The monoisotopic (exact) mass is 450 g/mol. The third-order valence-corrected chi connectivity index (χ3v) is 6.01. The lowest BCUT2D eigenvalue weighted by Gasteiger charge is -2.10. The lowest BCUT2D eigenvalue weighted by Crippen LogP contribution is -2.20. The van der Waals surface area contributed by atoms with E-state index in [1.54, 1.807) is 0 Å². The summed E-state index contributed by atoms with van der Waals surface area (Å²) < 4.78 is 73.5. The highest BCUT2D eigenvalue weighted by molar-refractivity contribution is 7.90. The molecule has 0 saturated heterocycles. The number of amides is 1. The Kier molecular flexibility index (Phi) is 6.43. The van der Waals surface area contributed by atoms with Crippen LogP contribution in [0.25, 0.3) is 0 Å². The molecule has 2 rings (SSSR count). The lowest BCUT2D eigenvalue weighted by atomic mass is 10.2. The predicted octanol–water partition coefficient (Wildman–Crippen LogP) is 2.76. The fourth-order valence-electron chi connectivity index (χ4n) is 2.23. The number of rotatable bonds is 6. The Morgan fingerprint density at radius 3 is 2.41 bits per heavy atom. The van der Waals surface area contributed by atoms with E-state index in [0.29, 0.717) is 6.07 Å². The van der Waals surface area contributed by atoms with Crippen molar-refractivity contribution in [2.24, 2.45) is 0 Å². The molecule has 0 saturated carbocycles. The highest BCUT2D eigenvalue weighted by atomic mass is 32.2. The minimum Gasteiger partial charge on any atom is -0.325 e. The maximum Gasteiger partial charge on any atom is 0.416 e. The van der Waals surface area contributed by atoms with Crippen LogP contribution in [0.5, 0.6) is 0 Å². The molecule has 1 amide bonds. The maximum atomic E-state index is 12.7. The molecule has 0 fully saturated rings. The Bertz CT molecular complexity index is 1100. The van der Waals surface area contributed by atoms with Crippen LogP contribution in [-0.2, 0) is 31.6 Å². The van der Waals surface area contributed by atoms with Gasteiger partial charge in [-0.05, 0) is 30.3 Å². The van der Waals surface area contributed by atoms with Gasteiger partial charge in [0.2, 0.25) is 5.91 Å². The van der Waals surface area contributed by atoms with Crippen LogP contribution in [-0.4, -0.2) is 35.5 Å². The fourth-order valence-corrected chi connectivity index (χ4v) is 3.92. The Labute approximate surface area is 165 Å². The SMILES string of the molecule is CS(=O)(=O)c1ccc(S(=O)CC(=O)Nc2cccc(C(F)(F)F)c2)c([N+](=O)[O-])c1. The van der Waals surface area contributed by atoms with Crippen LogP contribution in [0, 0.1) is 10.1 Å². The number of benzene rings is 2. The number of anilines is 1. The first-order chi connectivity index (χ1) is 13.3. The molecule has 0 heterocycles. The summed E-state index contributed by atoms with van der Waals surface area (Å²) in [5, 5.41) is 13.3. The van der Waals surface area contributed by atoms with E-state index < -0.39 is 54.6 Å². The van der Waals surface area contributed by atoms with Gasteiger partial charge in [-0.25, -0.2) is 8.42 Å². The van der Waals surface area contributed by atoms with E-state index in [9.17, 15) is 40.7 Å². The van der Waals surface area contributed by atoms with Crippen LogP contribution in [0.2, 0.25) is 0 Å². The highest BCUT2D eigenvalue weighted by Crippen LogP contribution is 2.31. The summed E-state index contributed by atoms with van der Waals surface area (Å²) in [7, 11) is -6.00. The molecule has 29 heavy (non-hydrogen) atoms. The zero-order valence-electron chi connectivity index (χ0n) is 14.6. The Morgan fingerprint density at radius 2 is 1.86 bits per heavy atom. The predicted molar refractivity (Wildman–Crippen MR) is 97.6 cm³/mol. The van der Waals surface area contributed by atoms with Crippen molar-refractivity contribution in [2.75, 3.05) is 17.3 Å². The third-order valence-electron chi connectivity index (χ3n) is 3.54. The minimum absolute atomic E-state index is 0.191. The van der Waals surface area contributed by atoms with Gasteiger partial charge in [0.25, 0.3) is 5.69 Å². The average molecular weight is 450 g/mol. The van der Waals surface area contributed by atoms with Crippen LogP contribution in [0.1, 0.15) is 5.56 Å². The van der Waals surface area contributed by atoms with Crippen molar-refractivity contribution in [1.82, 2.24) is 0 Å². The first kappa shape index (κ1) is 22.5. The molecule has 8 nitrogen and oxygen atoms in total. The number of carbonyl (C=O) groups is 1. The smallest absolute Gasteiger partial charge is 0.325 e. The average Bonchev–Trinajstić information content (AvgIpc) is 2.59. The van der Waals surface area contributed by atoms with Crippen LogP contribution < -0.4 is 5.32 Å². The quantitative estimate of drug-likeness (QED) is 0.533. The van der Waals surface area contributed by atoms with Gasteiger partial charge in [0.1, 0.15) is 10.6 Å². The molecule has 0 radical (unpaired) electrons. The number of hydrogen-bond acceptors (Lipinski definition) is 6. The summed E-state index contributed by atoms with van der Waals surface area (Å²) in [5.41, 5.74) is -1.94. The van der Waals surface area contributed by atoms with Crippen molar-refractivity contribution in [1.29, 1.82) is 0 Å². The number of halogens is 3. The first-order valence-electron chi connectivity index (χ1n) is 7.63. The molecule has 0 aliphatic rings. The third kappa shape index (κ3) is 5.84. The minimum atomic E-state index is -4.62. The summed E-state index contributed by atoms with van der Waals surface area (Å²) in [5.74, 6) is -1.72. The Balaban J connectivity index is 2.22. The summed E-state index contributed by atoms with van der Waals surface area (Å²) >= 11 is 0. The van der Waals surface area contributed by atoms with Crippen LogP contribution >= 0.6 is 0 Å². The van der Waals surface area contributed by atoms with Crippen molar-refractivity contribution in [3.8, 4) is 0 Å². The van der Waals surface area contributed by atoms with Crippen LogP contribution in [0.15, 0.2) is 52.3 Å². The number of nitro benzene ring substituents is 1. The Morgan fingerprint density at radius 1 is 1.21 bits per heavy atom. The molecule has 0 aliphatic carbocycles. The molecule has 0 aliphatic heterocycles. The maximum absolute atomic E-state index is 12.7. The number of alkyl halides is 3. The van der Waals surface area contributed by atoms with Gasteiger partial charge in [0.05, 0.1) is 26.2 Å². The van der Waals surface area contributed by atoms with Gasteiger partial charge in [0.15, 0.2) is 9.84 Å². The summed E-state index contributed by atoms with van der Waals surface area (Å²) in [4.78, 5) is 21.5. The van der Waals surface area contributed by atoms with E-state index >= 15 is 0 Å². The number of nitrogens with one attached hydrogen (secondary N) is 1. The molecular weight excluding hydrogens is 437 g/mol. The van der Waals surface area contributed by atoms with Crippen molar-refractivity contribution < 1.29 is 35.5 Å². The molecule has 156 valence electrons. The van der Waals surface area contributed by atoms with E-state index in [0.717, 1.165) is 36.6 Å². The summed E-state index contributed by atoms with van der Waals surface area (Å²) in [6.07, 6.45) is -3.78. The van der Waals surface area contributed by atoms with Gasteiger partial charge < -0.3 is 5.32 Å². The van der Waals surface area contributed by atoms with Crippen molar-refractivity contribution in [3.63, 3.8) is 0 Å². The topological polar surface area (TPSA) is 123 Å². The number of nitro groups is 1. The molecule has 2 aromatic rings.